The molecule has 1 aromatic rings. The van der Waals surface area contributed by atoms with Crippen molar-refractivity contribution >= 4 is 11.7 Å². The minimum Gasteiger partial charge on any atom is -0.368 e. The van der Waals surface area contributed by atoms with Crippen LogP contribution in [-0.2, 0) is 4.79 Å². The van der Waals surface area contributed by atoms with Crippen LogP contribution in [-0.4, -0.2) is 24.5 Å². The van der Waals surface area contributed by atoms with Gasteiger partial charge < -0.3 is 10.6 Å². The van der Waals surface area contributed by atoms with Crippen LogP contribution in [0.25, 0.3) is 0 Å². The smallest absolute Gasteiger partial charge is 0.227 e. The van der Waals surface area contributed by atoms with Crippen LogP contribution in [0.3, 0.4) is 0 Å². The van der Waals surface area contributed by atoms with Crippen LogP contribution in [0.1, 0.15) is 30.7 Å². The lowest BCUT2D eigenvalue weighted by molar-refractivity contribution is -0.128. The van der Waals surface area contributed by atoms with Crippen LogP contribution < -0.4 is 10.6 Å². The molecule has 0 aliphatic rings. The normalized spacial score (nSPS) is 10.7. The molecule has 0 radical (unpaired) electrons. The molecule has 0 aromatic carbocycles. The molecule has 0 atom stereocenters. The second-order valence-corrected chi connectivity index (χ2v) is 5.23. The minimum atomic E-state index is -0.569. The van der Waals surface area contributed by atoms with Gasteiger partial charge in [0.15, 0.2) is 0 Å². The third-order valence-electron chi connectivity index (χ3n) is 3.00. The molecule has 1 rings (SSSR count). The van der Waals surface area contributed by atoms with Gasteiger partial charge in [-0.2, -0.15) is 5.26 Å². The Hall–Kier alpha value is -2.09. The highest BCUT2D eigenvalue weighted by atomic mass is 16.2. The van der Waals surface area contributed by atoms with Gasteiger partial charge in [-0.05, 0) is 39.3 Å². The number of nitrogens with one attached hydrogen (secondary N) is 2. The molecule has 1 heterocycles. The van der Waals surface area contributed by atoms with Crippen molar-refractivity contribution in [2.45, 2.75) is 27.7 Å². The predicted octanol–water partition coefficient (Wildman–Crippen LogP) is 1.75. The van der Waals surface area contributed by atoms with Crippen LogP contribution >= 0.6 is 0 Å². The number of nitrogens with zero attached hydrogens (tertiary/aromatic N) is 2. The topological polar surface area (TPSA) is 77.8 Å². The van der Waals surface area contributed by atoms with Gasteiger partial charge in [-0.3, -0.25) is 4.79 Å². The fourth-order valence-electron chi connectivity index (χ4n) is 1.83. The van der Waals surface area contributed by atoms with Crippen molar-refractivity contribution in [2.75, 3.05) is 18.9 Å². The van der Waals surface area contributed by atoms with E-state index < -0.39 is 5.41 Å². The summed E-state index contributed by atoms with van der Waals surface area (Å²) in [6.07, 6.45) is 0. The van der Waals surface area contributed by atoms with Gasteiger partial charge in [-0.1, -0.05) is 0 Å². The van der Waals surface area contributed by atoms with Gasteiger partial charge in [0.05, 0.1) is 11.0 Å². The van der Waals surface area contributed by atoms with Crippen molar-refractivity contribution in [1.82, 2.24) is 10.3 Å². The second-order valence-electron chi connectivity index (χ2n) is 5.23. The molecule has 0 fully saturated rings. The molecule has 0 saturated carbocycles. The molecule has 5 heteroatoms. The Morgan fingerprint density at radius 2 is 2.11 bits per heavy atom. The van der Waals surface area contributed by atoms with Crippen molar-refractivity contribution < 1.29 is 4.79 Å². The Balaban J connectivity index is 2.96. The first-order chi connectivity index (χ1) is 8.81. The monoisotopic (exact) mass is 260 g/mol. The molecule has 5 nitrogen and oxygen atoms in total. The predicted molar refractivity (Wildman–Crippen MR) is 74.8 cm³/mol. The lowest BCUT2D eigenvalue weighted by Gasteiger charge is -2.23. The van der Waals surface area contributed by atoms with E-state index in [-0.39, 0.29) is 5.91 Å². The molecule has 0 unspecified atom stereocenters. The van der Waals surface area contributed by atoms with Crippen LogP contribution in [0, 0.1) is 30.6 Å². The Morgan fingerprint density at radius 3 is 2.63 bits per heavy atom. The van der Waals surface area contributed by atoms with Gasteiger partial charge in [0.2, 0.25) is 5.91 Å². The van der Waals surface area contributed by atoms with E-state index >= 15 is 0 Å². The van der Waals surface area contributed by atoms with E-state index in [0.29, 0.717) is 17.9 Å². The van der Waals surface area contributed by atoms with E-state index in [9.17, 15) is 4.79 Å². The minimum absolute atomic E-state index is 0.0529. The molecule has 0 bridgehead atoms. The zero-order valence-electron chi connectivity index (χ0n) is 12.1. The summed E-state index contributed by atoms with van der Waals surface area (Å²) >= 11 is 0. The Kier molecular flexibility index (Phi) is 4.49. The van der Waals surface area contributed by atoms with E-state index in [1.807, 2.05) is 33.8 Å². The van der Waals surface area contributed by atoms with Gasteiger partial charge >= 0.3 is 0 Å². The lowest BCUT2D eigenvalue weighted by Crippen LogP contribution is -2.39. The highest BCUT2D eigenvalue weighted by molar-refractivity contribution is 5.82. The van der Waals surface area contributed by atoms with Crippen molar-refractivity contribution in [3.63, 3.8) is 0 Å². The van der Waals surface area contributed by atoms with Crippen LogP contribution in [0.15, 0.2) is 6.07 Å². The van der Waals surface area contributed by atoms with Gasteiger partial charge in [-0.15, -0.1) is 0 Å². The maximum atomic E-state index is 11.7. The maximum absolute atomic E-state index is 11.7. The quantitative estimate of drug-likeness (QED) is 0.864. The first kappa shape index (κ1) is 15.0. The Morgan fingerprint density at radius 1 is 1.47 bits per heavy atom. The zero-order chi connectivity index (χ0) is 14.6. The highest BCUT2D eigenvalue weighted by Crippen LogP contribution is 2.21. The molecule has 0 saturated heterocycles. The summed E-state index contributed by atoms with van der Waals surface area (Å²) in [6.45, 7) is 7.85. The molecular formula is C14H20N4O. The molecule has 0 spiro atoms. The summed E-state index contributed by atoms with van der Waals surface area (Å²) in [7, 11) is 1.61. The number of carbonyl (C=O) groups excluding carboxylic acids is 1. The number of carbonyl (C=O) groups is 1. The summed E-state index contributed by atoms with van der Waals surface area (Å²) in [4.78, 5) is 16.0. The van der Waals surface area contributed by atoms with Crippen LogP contribution in [0.2, 0.25) is 0 Å². The van der Waals surface area contributed by atoms with Gasteiger partial charge in [0.1, 0.15) is 11.9 Å². The molecule has 19 heavy (non-hydrogen) atoms. The third-order valence-corrected chi connectivity index (χ3v) is 3.00. The number of nitriles is 1. The Bertz CT molecular complexity index is 529. The van der Waals surface area contributed by atoms with Crippen molar-refractivity contribution in [1.29, 1.82) is 5.26 Å². The van der Waals surface area contributed by atoms with Crippen molar-refractivity contribution in [2.24, 2.45) is 5.41 Å². The maximum Gasteiger partial charge on any atom is 0.227 e. The molecule has 2 N–H and O–H groups in total. The zero-order valence-corrected chi connectivity index (χ0v) is 12.1. The van der Waals surface area contributed by atoms with Gasteiger partial charge in [0.25, 0.3) is 0 Å². The standard InChI is InChI=1S/C14H20N4O/c1-9-6-10(2)18-12(11(9)7-15)17-8-14(3,4)13(19)16-5/h6H,8H2,1-5H3,(H,16,19)(H,17,18). The number of rotatable bonds is 4. The largest absolute Gasteiger partial charge is 0.368 e. The number of aryl methyl sites for hydroxylation is 2. The van der Waals surface area contributed by atoms with E-state index in [0.717, 1.165) is 11.3 Å². The van der Waals surface area contributed by atoms with E-state index in [4.69, 9.17) is 5.26 Å². The Labute approximate surface area is 114 Å². The molecule has 102 valence electrons. The summed E-state index contributed by atoms with van der Waals surface area (Å²) in [5.41, 5.74) is 1.69. The number of amides is 1. The molecule has 0 aliphatic heterocycles. The van der Waals surface area contributed by atoms with Crippen molar-refractivity contribution in [3.05, 3.63) is 22.9 Å². The van der Waals surface area contributed by atoms with Gasteiger partial charge in [0, 0.05) is 19.3 Å². The molecule has 1 aromatic heterocycles. The molecule has 1 amide bonds. The number of hydrogen-bond acceptors (Lipinski definition) is 4. The lowest BCUT2D eigenvalue weighted by atomic mass is 9.92. The highest BCUT2D eigenvalue weighted by Gasteiger charge is 2.26. The molecule has 0 aliphatic carbocycles. The van der Waals surface area contributed by atoms with Crippen molar-refractivity contribution in [3.8, 4) is 6.07 Å². The first-order valence-electron chi connectivity index (χ1n) is 6.16. The summed E-state index contributed by atoms with van der Waals surface area (Å²) in [5, 5.41) is 14.9. The summed E-state index contributed by atoms with van der Waals surface area (Å²) < 4.78 is 0. The van der Waals surface area contributed by atoms with E-state index in [1.54, 1.807) is 7.05 Å². The number of pyridine rings is 1. The summed E-state index contributed by atoms with van der Waals surface area (Å²) in [6, 6.07) is 4.01. The number of hydrogen-bond donors (Lipinski definition) is 2. The average Bonchev–Trinajstić information content (AvgIpc) is 2.34. The van der Waals surface area contributed by atoms with Crippen LogP contribution in [0.4, 0.5) is 5.82 Å². The van der Waals surface area contributed by atoms with Gasteiger partial charge in [-0.25, -0.2) is 4.98 Å². The second kappa shape index (κ2) is 5.70. The summed E-state index contributed by atoms with van der Waals surface area (Å²) in [5.74, 6) is 0.486. The van der Waals surface area contributed by atoms with E-state index in [2.05, 4.69) is 21.7 Å². The third kappa shape index (κ3) is 3.44. The first-order valence-corrected chi connectivity index (χ1v) is 6.16. The SMILES string of the molecule is CNC(=O)C(C)(C)CNc1nc(C)cc(C)c1C#N. The average molecular weight is 260 g/mol. The molecular weight excluding hydrogens is 240 g/mol. The van der Waals surface area contributed by atoms with Crippen LogP contribution in [0.5, 0.6) is 0 Å². The number of aromatic nitrogens is 1. The fraction of sp³-hybridized carbons (Fsp3) is 0.500. The van der Waals surface area contributed by atoms with E-state index in [1.165, 1.54) is 0 Å². The number of anilines is 1. The fourth-order valence-corrected chi connectivity index (χ4v) is 1.83.